The minimum absolute atomic E-state index is 0.0738. The zero-order valence-electron chi connectivity index (χ0n) is 14.6. The van der Waals surface area contributed by atoms with E-state index in [4.69, 9.17) is 5.21 Å². The summed E-state index contributed by atoms with van der Waals surface area (Å²) >= 11 is 0. The maximum atomic E-state index is 11.9. The summed E-state index contributed by atoms with van der Waals surface area (Å²) in [5.41, 5.74) is 2.28. The van der Waals surface area contributed by atoms with Crippen molar-refractivity contribution in [1.82, 2.24) is 10.8 Å². The minimum Gasteiger partial charge on any atom is -0.346 e. The summed E-state index contributed by atoms with van der Waals surface area (Å²) in [5, 5.41) is 11.3. The van der Waals surface area contributed by atoms with E-state index in [1.54, 1.807) is 17.6 Å². The number of benzene rings is 1. The lowest BCUT2D eigenvalue weighted by molar-refractivity contribution is -0.889. The van der Waals surface area contributed by atoms with Crippen LogP contribution in [0.1, 0.15) is 37.0 Å². The third kappa shape index (κ3) is 9.65. The average molecular weight is 324 g/mol. The van der Waals surface area contributed by atoms with E-state index in [1.165, 1.54) is 0 Å². The Morgan fingerprint density at radius 3 is 2.26 bits per heavy atom. The van der Waals surface area contributed by atoms with Gasteiger partial charge in [-0.1, -0.05) is 32.0 Å². The zero-order valence-corrected chi connectivity index (χ0v) is 14.6. The Kier molecular flexibility index (Phi) is 10.7. The van der Waals surface area contributed by atoms with Gasteiger partial charge in [0.1, 0.15) is 0 Å². The monoisotopic (exact) mass is 324 g/mol. The van der Waals surface area contributed by atoms with Crippen LogP contribution in [0.3, 0.4) is 0 Å². The molecule has 1 rings (SSSR count). The molecule has 0 aliphatic rings. The first kappa shape index (κ1) is 21.1. The van der Waals surface area contributed by atoms with Crippen LogP contribution in [0, 0.1) is 0 Å². The first-order chi connectivity index (χ1) is 10.9. The molecular weight excluding hydrogens is 294 g/mol. The fourth-order valence-corrected chi connectivity index (χ4v) is 2.00. The van der Waals surface area contributed by atoms with E-state index in [0.29, 0.717) is 29.4 Å². The predicted octanol–water partition coefficient (Wildman–Crippen LogP) is 1.80. The smallest absolute Gasteiger partial charge is 0.251 e. The Morgan fingerprint density at radius 2 is 1.70 bits per heavy atom. The number of quaternary nitrogens is 1. The van der Waals surface area contributed by atoms with Gasteiger partial charge in [0, 0.05) is 18.4 Å². The Balaban J connectivity index is 0.00000232. The second kappa shape index (κ2) is 11.6. The summed E-state index contributed by atoms with van der Waals surface area (Å²) in [4.78, 5) is 22.8. The first-order valence-corrected chi connectivity index (χ1v) is 8.03. The van der Waals surface area contributed by atoms with Crippen molar-refractivity contribution in [3.63, 3.8) is 0 Å². The van der Waals surface area contributed by atoms with Gasteiger partial charge in [-0.15, -0.1) is 0 Å². The van der Waals surface area contributed by atoms with Crippen molar-refractivity contribution >= 4 is 11.8 Å². The van der Waals surface area contributed by atoms with Crippen LogP contribution in [-0.2, 0) is 4.79 Å². The number of likely N-dealkylation sites (N-methyl/N-ethyl adjacent to an activating group) is 1. The van der Waals surface area contributed by atoms with Gasteiger partial charge in [-0.05, 0) is 12.1 Å². The van der Waals surface area contributed by atoms with Crippen LogP contribution in [0.4, 0.5) is 0 Å². The molecule has 0 spiro atoms. The summed E-state index contributed by atoms with van der Waals surface area (Å²) in [5.74, 6) is -0.442. The zero-order chi connectivity index (χ0) is 17.7. The van der Waals surface area contributed by atoms with E-state index in [0.717, 1.165) is 13.1 Å². The molecule has 1 aromatic carbocycles. The van der Waals surface area contributed by atoms with Gasteiger partial charge < -0.3 is 9.80 Å². The van der Waals surface area contributed by atoms with Gasteiger partial charge in [0.05, 0.1) is 33.7 Å². The lowest BCUT2D eigenvalue weighted by atomic mass is 10.2. The minimum atomic E-state index is -0.368. The number of amides is 2. The van der Waals surface area contributed by atoms with Crippen molar-refractivity contribution in [3.8, 4) is 0 Å². The lowest BCUT2D eigenvalue weighted by Gasteiger charge is -2.29. The van der Waals surface area contributed by atoms with Crippen molar-refractivity contribution < 1.29 is 19.3 Å². The first-order valence-electron chi connectivity index (χ1n) is 8.03. The normalized spacial score (nSPS) is 10.3. The standard InChI is InChI=1S/C15H23N3O3.C2H6/c1-18(2,11-6-9-14(19)17-21)12-10-16-15(20)13-7-4-3-5-8-13;1-2/h3-5,7-8H,6,9-12H2,1-2H3,(H2-,16,17,19,20,21);1-2H3/p+1. The van der Waals surface area contributed by atoms with Crippen LogP contribution in [-0.4, -0.2) is 55.2 Å². The van der Waals surface area contributed by atoms with Gasteiger partial charge in [0.2, 0.25) is 5.91 Å². The van der Waals surface area contributed by atoms with E-state index in [1.807, 2.05) is 46.1 Å². The van der Waals surface area contributed by atoms with Gasteiger partial charge in [0.15, 0.2) is 0 Å². The second-order valence-electron chi connectivity index (χ2n) is 5.64. The van der Waals surface area contributed by atoms with Gasteiger partial charge in [0.25, 0.3) is 5.91 Å². The Bertz CT molecular complexity index is 461. The van der Waals surface area contributed by atoms with Gasteiger partial charge in [-0.3, -0.25) is 14.8 Å². The van der Waals surface area contributed by atoms with Crippen molar-refractivity contribution in [2.24, 2.45) is 0 Å². The average Bonchev–Trinajstić information content (AvgIpc) is 2.56. The third-order valence-electron chi connectivity index (χ3n) is 3.33. The number of hydrogen-bond donors (Lipinski definition) is 3. The van der Waals surface area contributed by atoms with Crippen LogP contribution in [0.5, 0.6) is 0 Å². The summed E-state index contributed by atoms with van der Waals surface area (Å²) in [7, 11) is 4.09. The number of hydroxylamine groups is 1. The van der Waals surface area contributed by atoms with E-state index >= 15 is 0 Å². The lowest BCUT2D eigenvalue weighted by Crippen LogP contribution is -2.46. The van der Waals surface area contributed by atoms with Crippen molar-refractivity contribution in [1.29, 1.82) is 0 Å². The molecular formula is C17H30N3O3+. The number of nitrogens with zero attached hydrogens (tertiary/aromatic N) is 1. The van der Waals surface area contributed by atoms with Crippen LogP contribution < -0.4 is 10.8 Å². The van der Waals surface area contributed by atoms with Crippen molar-refractivity contribution in [3.05, 3.63) is 35.9 Å². The molecule has 0 radical (unpaired) electrons. The molecule has 1 aromatic rings. The molecule has 0 fully saturated rings. The maximum absolute atomic E-state index is 11.9. The number of carbonyl (C=O) groups excluding carboxylic acids is 2. The number of nitrogens with one attached hydrogen (secondary N) is 2. The van der Waals surface area contributed by atoms with Crippen LogP contribution >= 0.6 is 0 Å². The second-order valence-corrected chi connectivity index (χ2v) is 5.64. The largest absolute Gasteiger partial charge is 0.346 e. The molecule has 2 amide bonds. The van der Waals surface area contributed by atoms with Crippen molar-refractivity contribution in [2.75, 3.05) is 33.7 Å². The SMILES string of the molecule is CC.C[N+](C)(CCCC(=O)NO)CCNC(=O)c1ccccc1. The van der Waals surface area contributed by atoms with E-state index in [9.17, 15) is 9.59 Å². The molecule has 0 saturated heterocycles. The molecule has 0 atom stereocenters. The third-order valence-corrected chi connectivity index (χ3v) is 3.33. The van der Waals surface area contributed by atoms with Gasteiger partial charge in [-0.2, -0.15) is 0 Å². The molecule has 0 bridgehead atoms. The molecule has 23 heavy (non-hydrogen) atoms. The maximum Gasteiger partial charge on any atom is 0.251 e. The summed E-state index contributed by atoms with van der Waals surface area (Å²) in [6, 6.07) is 9.10. The molecule has 0 aliphatic carbocycles. The Morgan fingerprint density at radius 1 is 1.09 bits per heavy atom. The molecule has 0 saturated carbocycles. The Hall–Kier alpha value is -1.92. The molecule has 0 aliphatic heterocycles. The molecule has 130 valence electrons. The molecule has 3 N–H and O–H groups in total. The number of rotatable bonds is 8. The molecule has 6 heteroatoms. The highest BCUT2D eigenvalue weighted by Gasteiger charge is 2.16. The summed E-state index contributed by atoms with van der Waals surface area (Å²) in [6.45, 7) is 6.15. The highest BCUT2D eigenvalue weighted by atomic mass is 16.5. The van der Waals surface area contributed by atoms with Gasteiger partial charge >= 0.3 is 0 Å². The van der Waals surface area contributed by atoms with E-state index in [-0.39, 0.29) is 11.8 Å². The van der Waals surface area contributed by atoms with Crippen molar-refractivity contribution in [2.45, 2.75) is 26.7 Å². The fraction of sp³-hybridized carbons (Fsp3) is 0.529. The quantitative estimate of drug-likeness (QED) is 0.388. The van der Waals surface area contributed by atoms with Gasteiger partial charge in [-0.25, -0.2) is 5.48 Å². The van der Waals surface area contributed by atoms with Crippen LogP contribution in [0.25, 0.3) is 0 Å². The fourth-order valence-electron chi connectivity index (χ4n) is 2.00. The summed E-state index contributed by atoms with van der Waals surface area (Å²) in [6.07, 6.45) is 0.987. The molecule has 0 aromatic heterocycles. The molecule has 0 heterocycles. The highest BCUT2D eigenvalue weighted by molar-refractivity contribution is 5.94. The van der Waals surface area contributed by atoms with Crippen LogP contribution in [0.2, 0.25) is 0 Å². The van der Waals surface area contributed by atoms with Crippen LogP contribution in [0.15, 0.2) is 30.3 Å². The summed E-state index contributed by atoms with van der Waals surface area (Å²) < 4.78 is 0.702. The number of carbonyl (C=O) groups is 2. The molecule has 6 nitrogen and oxygen atoms in total. The van der Waals surface area contributed by atoms with E-state index < -0.39 is 0 Å². The highest BCUT2D eigenvalue weighted by Crippen LogP contribution is 2.02. The Labute approximate surface area is 139 Å². The van der Waals surface area contributed by atoms with E-state index in [2.05, 4.69) is 5.32 Å². The topological polar surface area (TPSA) is 78.4 Å². The molecule has 0 unspecified atom stereocenters. The number of hydrogen-bond acceptors (Lipinski definition) is 3. The predicted molar refractivity (Wildman–Crippen MR) is 91.1 cm³/mol.